The van der Waals surface area contributed by atoms with Gasteiger partial charge in [0, 0.05) is 15.5 Å². The van der Waals surface area contributed by atoms with E-state index in [0.29, 0.717) is 28.3 Å². The lowest BCUT2D eigenvalue weighted by Crippen LogP contribution is -2.20. The molecule has 5 nitrogen and oxygen atoms in total. The highest BCUT2D eigenvalue weighted by Gasteiger charge is 2.13. The second-order valence-electron chi connectivity index (χ2n) is 5.65. The zero-order valence-electron chi connectivity index (χ0n) is 15.0. The van der Waals surface area contributed by atoms with Crippen molar-refractivity contribution in [2.45, 2.75) is 13.8 Å². The zero-order chi connectivity index (χ0) is 19.2. The minimum atomic E-state index is -0.280. The van der Waals surface area contributed by atoms with E-state index in [1.165, 1.54) is 11.3 Å². The number of aryl methyl sites for hydroxylation is 1. The minimum absolute atomic E-state index is 0.126. The van der Waals surface area contributed by atoms with E-state index >= 15 is 0 Å². The summed E-state index contributed by atoms with van der Waals surface area (Å²) in [6.45, 7) is 4.26. The summed E-state index contributed by atoms with van der Waals surface area (Å²) in [5.74, 6) is 0.868. The molecule has 1 heterocycles. The maximum atomic E-state index is 12.2. The molecule has 0 aliphatic rings. The molecule has 3 rings (SSSR count). The highest BCUT2D eigenvalue weighted by molar-refractivity contribution is 7.16. The van der Waals surface area contributed by atoms with Crippen molar-refractivity contribution >= 4 is 34.0 Å². The van der Waals surface area contributed by atoms with Crippen LogP contribution >= 0.6 is 22.9 Å². The van der Waals surface area contributed by atoms with E-state index in [0.717, 1.165) is 16.1 Å². The van der Waals surface area contributed by atoms with Crippen molar-refractivity contribution in [1.82, 2.24) is 4.98 Å². The van der Waals surface area contributed by atoms with E-state index in [-0.39, 0.29) is 12.5 Å². The molecule has 0 unspecified atom stereocenters. The standard InChI is InChI=1S/C20H19ClN2O3S/c1-3-25-16-6-4-5-7-17(16)26-12-18(24)22-20-23-19(13(2)27-20)14-8-10-15(21)11-9-14/h4-11H,3,12H2,1-2H3,(H,22,23,24). The fraction of sp³-hybridized carbons (Fsp3) is 0.200. The van der Waals surface area contributed by atoms with Crippen LogP contribution < -0.4 is 14.8 Å². The van der Waals surface area contributed by atoms with Crippen LogP contribution in [0.25, 0.3) is 11.3 Å². The number of thiazole rings is 1. The van der Waals surface area contributed by atoms with Crippen LogP contribution in [0.1, 0.15) is 11.8 Å². The Morgan fingerprint density at radius 1 is 1.11 bits per heavy atom. The number of ether oxygens (including phenoxy) is 2. The van der Waals surface area contributed by atoms with Crippen LogP contribution in [0, 0.1) is 6.92 Å². The lowest BCUT2D eigenvalue weighted by atomic mass is 10.1. The van der Waals surface area contributed by atoms with Crippen LogP contribution in [0.2, 0.25) is 5.02 Å². The third kappa shape index (κ3) is 4.99. The van der Waals surface area contributed by atoms with Gasteiger partial charge < -0.3 is 9.47 Å². The fourth-order valence-electron chi connectivity index (χ4n) is 2.47. The molecule has 0 bridgehead atoms. The van der Waals surface area contributed by atoms with Gasteiger partial charge in [0.2, 0.25) is 0 Å². The van der Waals surface area contributed by atoms with Crippen LogP contribution in [-0.4, -0.2) is 24.1 Å². The summed E-state index contributed by atoms with van der Waals surface area (Å²) >= 11 is 7.35. The number of hydrogen-bond donors (Lipinski definition) is 1. The van der Waals surface area contributed by atoms with Crippen LogP contribution in [-0.2, 0) is 4.79 Å². The van der Waals surface area contributed by atoms with E-state index in [1.807, 2.05) is 50.2 Å². The zero-order valence-corrected chi connectivity index (χ0v) is 16.6. The number of nitrogens with zero attached hydrogens (tertiary/aromatic N) is 1. The first-order valence-corrected chi connectivity index (χ1v) is 9.64. The number of rotatable bonds is 7. The van der Waals surface area contributed by atoms with E-state index < -0.39 is 0 Å². The van der Waals surface area contributed by atoms with E-state index in [9.17, 15) is 4.79 Å². The maximum Gasteiger partial charge on any atom is 0.264 e. The summed E-state index contributed by atoms with van der Waals surface area (Å²) in [6.07, 6.45) is 0. The van der Waals surface area contributed by atoms with Gasteiger partial charge in [0.15, 0.2) is 23.2 Å². The molecule has 27 heavy (non-hydrogen) atoms. The van der Waals surface area contributed by atoms with Crippen molar-refractivity contribution in [2.75, 3.05) is 18.5 Å². The van der Waals surface area contributed by atoms with Gasteiger partial charge in [-0.25, -0.2) is 4.98 Å². The number of benzene rings is 2. The summed E-state index contributed by atoms with van der Waals surface area (Å²) in [6, 6.07) is 14.7. The third-order valence-electron chi connectivity index (χ3n) is 3.67. The summed E-state index contributed by atoms with van der Waals surface area (Å²) in [7, 11) is 0. The van der Waals surface area contributed by atoms with Crippen LogP contribution in [0.15, 0.2) is 48.5 Å². The number of para-hydroxylation sites is 2. The van der Waals surface area contributed by atoms with Gasteiger partial charge in [-0.2, -0.15) is 0 Å². The molecule has 7 heteroatoms. The van der Waals surface area contributed by atoms with Crippen LogP contribution in [0.4, 0.5) is 5.13 Å². The van der Waals surface area contributed by atoms with Gasteiger partial charge >= 0.3 is 0 Å². The first-order chi connectivity index (χ1) is 13.1. The average Bonchev–Trinajstić information content (AvgIpc) is 3.02. The van der Waals surface area contributed by atoms with Crippen molar-refractivity contribution < 1.29 is 14.3 Å². The summed E-state index contributed by atoms with van der Waals surface area (Å²) < 4.78 is 11.1. The number of nitrogens with one attached hydrogen (secondary N) is 1. The van der Waals surface area contributed by atoms with E-state index in [4.69, 9.17) is 21.1 Å². The molecule has 0 aliphatic heterocycles. The number of hydrogen-bond acceptors (Lipinski definition) is 5. The number of carbonyl (C=O) groups excluding carboxylic acids is 1. The number of aromatic nitrogens is 1. The van der Waals surface area contributed by atoms with Gasteiger partial charge in [0.25, 0.3) is 5.91 Å². The molecule has 1 N–H and O–H groups in total. The molecule has 1 amide bonds. The first kappa shape index (κ1) is 19.2. The average molecular weight is 403 g/mol. The van der Waals surface area contributed by atoms with Gasteiger partial charge in [-0.1, -0.05) is 35.9 Å². The largest absolute Gasteiger partial charge is 0.490 e. The number of amides is 1. The quantitative estimate of drug-likeness (QED) is 0.590. The molecule has 3 aromatic rings. The van der Waals surface area contributed by atoms with Gasteiger partial charge in [-0.05, 0) is 38.1 Å². The summed E-state index contributed by atoms with van der Waals surface area (Å²) in [5, 5.41) is 3.99. The Morgan fingerprint density at radius 3 is 2.44 bits per heavy atom. The maximum absolute atomic E-state index is 12.2. The third-order valence-corrected chi connectivity index (χ3v) is 4.81. The van der Waals surface area contributed by atoms with Crippen LogP contribution in [0.5, 0.6) is 11.5 Å². The molecule has 0 atom stereocenters. The highest BCUT2D eigenvalue weighted by atomic mass is 35.5. The Labute approximate surface area is 166 Å². The number of carbonyl (C=O) groups is 1. The molecular formula is C20H19ClN2O3S. The van der Waals surface area contributed by atoms with Gasteiger partial charge in [0.05, 0.1) is 12.3 Å². The summed E-state index contributed by atoms with van der Waals surface area (Å²) in [4.78, 5) is 17.8. The molecule has 0 saturated heterocycles. The molecule has 0 radical (unpaired) electrons. The van der Waals surface area contributed by atoms with E-state index in [2.05, 4.69) is 10.3 Å². The second-order valence-corrected chi connectivity index (χ2v) is 7.29. The van der Waals surface area contributed by atoms with Gasteiger partial charge in [-0.15, -0.1) is 11.3 Å². The lowest BCUT2D eigenvalue weighted by Gasteiger charge is -2.10. The predicted octanol–water partition coefficient (Wildman–Crippen LogP) is 5.19. The molecule has 0 saturated carbocycles. The topological polar surface area (TPSA) is 60.5 Å². The molecule has 0 spiro atoms. The predicted molar refractivity (Wildman–Crippen MR) is 109 cm³/mol. The first-order valence-electron chi connectivity index (χ1n) is 8.44. The molecule has 140 valence electrons. The molecule has 0 fully saturated rings. The Morgan fingerprint density at radius 2 is 1.78 bits per heavy atom. The minimum Gasteiger partial charge on any atom is -0.490 e. The fourth-order valence-corrected chi connectivity index (χ4v) is 3.45. The van der Waals surface area contributed by atoms with Crippen molar-refractivity contribution in [2.24, 2.45) is 0 Å². The molecule has 2 aromatic carbocycles. The molecular weight excluding hydrogens is 384 g/mol. The Hall–Kier alpha value is -2.57. The number of halogens is 1. The van der Waals surface area contributed by atoms with Crippen molar-refractivity contribution in [3.05, 3.63) is 58.4 Å². The SMILES string of the molecule is CCOc1ccccc1OCC(=O)Nc1nc(-c2ccc(Cl)cc2)c(C)s1. The number of anilines is 1. The highest BCUT2D eigenvalue weighted by Crippen LogP contribution is 2.31. The van der Waals surface area contributed by atoms with Gasteiger partial charge in [0.1, 0.15) is 0 Å². The Bertz CT molecular complexity index is 925. The second kappa shape index (κ2) is 8.88. The van der Waals surface area contributed by atoms with Crippen molar-refractivity contribution in [1.29, 1.82) is 0 Å². The Kier molecular flexibility index (Phi) is 6.32. The van der Waals surface area contributed by atoms with Gasteiger partial charge in [-0.3, -0.25) is 10.1 Å². The van der Waals surface area contributed by atoms with Crippen molar-refractivity contribution in [3.63, 3.8) is 0 Å². The van der Waals surface area contributed by atoms with Crippen molar-refractivity contribution in [3.8, 4) is 22.8 Å². The monoisotopic (exact) mass is 402 g/mol. The molecule has 0 aliphatic carbocycles. The normalized spacial score (nSPS) is 10.5. The van der Waals surface area contributed by atoms with E-state index in [1.54, 1.807) is 12.1 Å². The lowest BCUT2D eigenvalue weighted by molar-refractivity contribution is -0.118. The molecule has 1 aromatic heterocycles. The van der Waals surface area contributed by atoms with Crippen LogP contribution in [0.3, 0.4) is 0 Å². The summed E-state index contributed by atoms with van der Waals surface area (Å²) in [5.41, 5.74) is 1.78. The smallest absolute Gasteiger partial charge is 0.264 e. The Balaban J connectivity index is 1.63.